The molecule has 4 rings (SSSR count). The average Bonchev–Trinajstić information content (AvgIpc) is 3.17. The molecule has 9 atom stereocenters. The van der Waals surface area contributed by atoms with Crippen molar-refractivity contribution in [2.24, 2.45) is 46.3 Å². The standard InChI is InChI=1S/C27H38F2O8S/c1-14(5-8-23(33)37-15(2)27(28,29)38(34,35)36)18-6-7-19-24-20(13-22(32)26(18,19)4)25(3)10-9-17(30)11-16(25)12-21(24)31/h14-16,18-20,24H,5-13H2,1-4H3,(H,34,35,36). The minimum Gasteiger partial charge on any atom is -0.455 e. The number of esters is 1. The Bertz CT molecular complexity index is 1140. The summed E-state index contributed by atoms with van der Waals surface area (Å²) in [5, 5.41) is -4.63. The zero-order valence-electron chi connectivity index (χ0n) is 22.4. The molecule has 4 fully saturated rings. The Labute approximate surface area is 222 Å². The number of alkyl halides is 2. The average molecular weight is 561 g/mol. The van der Waals surface area contributed by atoms with Crippen LogP contribution in [0.25, 0.3) is 0 Å². The van der Waals surface area contributed by atoms with Crippen LogP contribution in [0.4, 0.5) is 8.78 Å². The molecule has 4 aliphatic rings. The highest BCUT2D eigenvalue weighted by Crippen LogP contribution is 2.66. The summed E-state index contributed by atoms with van der Waals surface area (Å²) in [4.78, 5) is 51.6. The maximum Gasteiger partial charge on any atom is 0.405 e. The van der Waals surface area contributed by atoms with Gasteiger partial charge in [-0.3, -0.25) is 23.7 Å². The van der Waals surface area contributed by atoms with Gasteiger partial charge >= 0.3 is 21.3 Å². The van der Waals surface area contributed by atoms with E-state index in [1.807, 2.05) is 13.8 Å². The first-order valence-electron chi connectivity index (χ1n) is 13.6. The van der Waals surface area contributed by atoms with Crippen molar-refractivity contribution in [3.63, 3.8) is 0 Å². The number of carbonyl (C=O) groups is 4. The second kappa shape index (κ2) is 9.71. The molecule has 0 amide bonds. The van der Waals surface area contributed by atoms with Crippen molar-refractivity contribution in [2.45, 2.75) is 96.8 Å². The van der Waals surface area contributed by atoms with Gasteiger partial charge in [0.15, 0.2) is 6.10 Å². The van der Waals surface area contributed by atoms with Crippen molar-refractivity contribution < 1.29 is 45.7 Å². The van der Waals surface area contributed by atoms with E-state index in [1.54, 1.807) is 0 Å². The van der Waals surface area contributed by atoms with Gasteiger partial charge in [0.05, 0.1) is 0 Å². The zero-order chi connectivity index (χ0) is 28.4. The maximum absolute atomic E-state index is 13.8. The van der Waals surface area contributed by atoms with Gasteiger partial charge in [0, 0.05) is 43.4 Å². The van der Waals surface area contributed by atoms with Crippen LogP contribution in [-0.4, -0.2) is 47.6 Å². The number of carbonyl (C=O) groups excluding carboxylic acids is 4. The maximum atomic E-state index is 13.8. The first-order valence-corrected chi connectivity index (χ1v) is 15.0. The number of Topliss-reactive ketones (excluding diaryl/α,β-unsaturated/α-hetero) is 3. The van der Waals surface area contributed by atoms with E-state index in [1.165, 1.54) is 0 Å². The summed E-state index contributed by atoms with van der Waals surface area (Å²) >= 11 is 0. The van der Waals surface area contributed by atoms with Crippen molar-refractivity contribution >= 4 is 33.4 Å². The van der Waals surface area contributed by atoms with Crippen LogP contribution in [0.5, 0.6) is 0 Å². The van der Waals surface area contributed by atoms with Crippen LogP contribution in [0.1, 0.15) is 85.5 Å². The summed E-state index contributed by atoms with van der Waals surface area (Å²) in [6.45, 7) is 6.68. The molecule has 8 nitrogen and oxygen atoms in total. The van der Waals surface area contributed by atoms with E-state index in [0.29, 0.717) is 51.9 Å². The van der Waals surface area contributed by atoms with Gasteiger partial charge in [-0.15, -0.1) is 0 Å². The summed E-state index contributed by atoms with van der Waals surface area (Å²) in [5.41, 5.74) is -0.948. The number of rotatable bonds is 7. The van der Waals surface area contributed by atoms with Gasteiger partial charge in [0.2, 0.25) is 0 Å². The first kappa shape index (κ1) is 29.2. The van der Waals surface area contributed by atoms with Crippen molar-refractivity contribution in [3.05, 3.63) is 0 Å². The number of halogens is 2. The van der Waals surface area contributed by atoms with E-state index in [0.717, 1.165) is 0 Å². The Morgan fingerprint density at radius 2 is 1.76 bits per heavy atom. The van der Waals surface area contributed by atoms with Gasteiger partial charge in [-0.05, 0) is 67.6 Å². The SMILES string of the molecule is CC(CCC(=O)OC(C)C(F)(F)S(=O)(=O)O)C1CCC2C3C(=O)CC4CC(=O)CCC4(C)C3CC(=O)C12C. The molecule has 0 aromatic heterocycles. The molecular weight excluding hydrogens is 522 g/mol. The Morgan fingerprint density at radius 3 is 2.39 bits per heavy atom. The molecule has 4 aliphatic carbocycles. The summed E-state index contributed by atoms with van der Waals surface area (Å²) in [5.74, 6) is -1.21. The fraction of sp³-hybridized carbons (Fsp3) is 0.852. The monoisotopic (exact) mass is 560 g/mol. The molecule has 0 bridgehead atoms. The molecule has 1 N–H and O–H groups in total. The lowest BCUT2D eigenvalue weighted by Crippen LogP contribution is -2.60. The fourth-order valence-electron chi connectivity index (χ4n) is 8.47. The predicted octanol–water partition coefficient (Wildman–Crippen LogP) is 4.40. The number of ether oxygens (including phenoxy) is 1. The highest BCUT2D eigenvalue weighted by Gasteiger charge is 2.66. The molecule has 0 aliphatic heterocycles. The zero-order valence-corrected chi connectivity index (χ0v) is 23.2. The van der Waals surface area contributed by atoms with Crippen molar-refractivity contribution in [1.82, 2.24) is 0 Å². The lowest BCUT2D eigenvalue weighted by Gasteiger charge is -2.58. The molecule has 0 aromatic rings. The second-order valence-corrected chi connectivity index (χ2v) is 14.1. The van der Waals surface area contributed by atoms with Crippen molar-refractivity contribution in [1.29, 1.82) is 0 Å². The molecule has 0 aromatic carbocycles. The Kier molecular flexibility index (Phi) is 7.47. The van der Waals surface area contributed by atoms with Gasteiger partial charge in [0.25, 0.3) is 0 Å². The van der Waals surface area contributed by atoms with Gasteiger partial charge < -0.3 is 4.74 Å². The Hall–Kier alpha value is -1.75. The van der Waals surface area contributed by atoms with Crippen LogP contribution in [0.15, 0.2) is 0 Å². The largest absolute Gasteiger partial charge is 0.455 e. The molecule has 38 heavy (non-hydrogen) atoms. The van der Waals surface area contributed by atoms with Crippen LogP contribution in [0.2, 0.25) is 0 Å². The highest BCUT2D eigenvalue weighted by molar-refractivity contribution is 7.86. The Balaban J connectivity index is 1.45. The molecule has 11 heteroatoms. The van der Waals surface area contributed by atoms with Gasteiger partial charge in [0.1, 0.15) is 17.3 Å². The van der Waals surface area contributed by atoms with E-state index >= 15 is 0 Å². The van der Waals surface area contributed by atoms with E-state index in [2.05, 4.69) is 11.7 Å². The third-order valence-corrected chi connectivity index (χ3v) is 11.9. The summed E-state index contributed by atoms with van der Waals surface area (Å²) in [6.07, 6.45) is 1.34. The smallest absolute Gasteiger partial charge is 0.405 e. The van der Waals surface area contributed by atoms with Crippen molar-refractivity contribution in [2.75, 3.05) is 0 Å². The van der Waals surface area contributed by atoms with Gasteiger partial charge in [-0.2, -0.15) is 17.2 Å². The molecular formula is C27H38F2O8S. The molecule has 0 saturated heterocycles. The summed E-state index contributed by atoms with van der Waals surface area (Å²) in [6, 6.07) is 0. The summed E-state index contributed by atoms with van der Waals surface area (Å²) < 4.78 is 62.6. The lowest BCUT2D eigenvalue weighted by atomic mass is 9.44. The van der Waals surface area contributed by atoms with E-state index in [9.17, 15) is 36.4 Å². The van der Waals surface area contributed by atoms with Crippen LogP contribution < -0.4 is 0 Å². The molecule has 214 valence electrons. The number of hydrogen-bond donors (Lipinski definition) is 1. The lowest BCUT2D eigenvalue weighted by molar-refractivity contribution is -0.166. The third kappa shape index (κ3) is 4.55. The fourth-order valence-corrected chi connectivity index (χ4v) is 8.94. The number of fused-ring (bicyclic) bond motifs is 5. The summed E-state index contributed by atoms with van der Waals surface area (Å²) in [7, 11) is -5.74. The van der Waals surface area contributed by atoms with Crippen LogP contribution >= 0.6 is 0 Å². The molecule has 0 radical (unpaired) electrons. The third-order valence-electron chi connectivity index (χ3n) is 10.8. The predicted molar refractivity (Wildman–Crippen MR) is 131 cm³/mol. The quantitative estimate of drug-likeness (QED) is 0.358. The minimum atomic E-state index is -5.74. The van der Waals surface area contributed by atoms with E-state index < -0.39 is 32.9 Å². The Morgan fingerprint density at radius 1 is 1.11 bits per heavy atom. The first-order chi connectivity index (χ1) is 17.4. The van der Waals surface area contributed by atoms with E-state index in [-0.39, 0.29) is 71.1 Å². The van der Waals surface area contributed by atoms with Crippen LogP contribution in [-0.2, 0) is 34.0 Å². The second-order valence-electron chi connectivity index (χ2n) is 12.6. The molecule has 0 heterocycles. The minimum absolute atomic E-state index is 0.00705. The van der Waals surface area contributed by atoms with Crippen molar-refractivity contribution in [3.8, 4) is 0 Å². The molecule has 4 saturated carbocycles. The van der Waals surface area contributed by atoms with Gasteiger partial charge in [-0.25, -0.2) is 0 Å². The van der Waals surface area contributed by atoms with Crippen LogP contribution in [0, 0.1) is 46.3 Å². The normalized spacial score (nSPS) is 39.1. The topological polar surface area (TPSA) is 132 Å². The molecule has 0 spiro atoms. The molecule has 9 unspecified atom stereocenters. The van der Waals surface area contributed by atoms with E-state index in [4.69, 9.17) is 4.55 Å². The van der Waals surface area contributed by atoms with Gasteiger partial charge in [-0.1, -0.05) is 20.8 Å². The number of ketones is 3. The number of hydrogen-bond acceptors (Lipinski definition) is 7. The highest BCUT2D eigenvalue weighted by atomic mass is 32.2. The van der Waals surface area contributed by atoms with Crippen LogP contribution in [0.3, 0.4) is 0 Å².